The molecule has 126 valence electrons. The van der Waals surface area contributed by atoms with E-state index >= 15 is 0 Å². The molecule has 0 aromatic heterocycles. The quantitative estimate of drug-likeness (QED) is 0.627. The van der Waals surface area contributed by atoms with E-state index in [1.807, 2.05) is 6.92 Å². The third kappa shape index (κ3) is 4.36. The first-order valence-electron chi connectivity index (χ1n) is 6.66. The van der Waals surface area contributed by atoms with Crippen LogP contribution >= 0.6 is 36.4 Å². The molecular formula is C13H20Cl3N3O3. The normalized spacial score (nSPS) is 16.3. The van der Waals surface area contributed by atoms with Crippen LogP contribution in [-0.2, 0) is 0 Å². The molecule has 0 spiro atoms. The summed E-state index contributed by atoms with van der Waals surface area (Å²) in [5, 5.41) is 24.8. The number of nitrogens with one attached hydrogen (secondary N) is 1. The Morgan fingerprint density at radius 2 is 2.00 bits per heavy atom. The number of halogens is 3. The third-order valence-corrected chi connectivity index (χ3v) is 3.96. The Morgan fingerprint density at radius 3 is 2.50 bits per heavy atom. The zero-order chi connectivity index (χ0) is 14.7. The lowest BCUT2D eigenvalue weighted by Crippen LogP contribution is -2.45. The van der Waals surface area contributed by atoms with Crippen molar-refractivity contribution >= 4 is 42.1 Å². The molecule has 0 aliphatic carbocycles. The molecule has 0 radical (unpaired) electrons. The molecule has 0 bridgehead atoms. The monoisotopic (exact) mass is 371 g/mol. The molecule has 1 fully saturated rings. The van der Waals surface area contributed by atoms with Crippen LogP contribution in [-0.4, -0.2) is 41.1 Å². The molecule has 1 aliphatic heterocycles. The number of nitrogens with zero attached hydrogens (tertiary/aromatic N) is 2. The van der Waals surface area contributed by atoms with E-state index in [2.05, 4.69) is 10.2 Å². The van der Waals surface area contributed by atoms with Gasteiger partial charge in [-0.25, -0.2) is 0 Å². The fourth-order valence-corrected chi connectivity index (χ4v) is 2.86. The van der Waals surface area contributed by atoms with Crippen LogP contribution in [0.3, 0.4) is 0 Å². The number of benzene rings is 1. The predicted octanol–water partition coefficient (Wildman–Crippen LogP) is 3.15. The van der Waals surface area contributed by atoms with E-state index in [0.717, 1.165) is 26.2 Å². The van der Waals surface area contributed by atoms with Gasteiger partial charge in [0.2, 0.25) is 0 Å². The maximum atomic E-state index is 11.2. The second kappa shape index (κ2) is 9.37. The van der Waals surface area contributed by atoms with E-state index in [0.29, 0.717) is 12.0 Å². The fourth-order valence-electron chi connectivity index (χ4n) is 2.70. The van der Waals surface area contributed by atoms with Gasteiger partial charge in [-0.2, -0.15) is 0 Å². The maximum Gasteiger partial charge on any atom is 0.278 e. The molecule has 1 aromatic rings. The van der Waals surface area contributed by atoms with E-state index in [9.17, 15) is 15.2 Å². The molecule has 9 heteroatoms. The molecule has 0 unspecified atom stereocenters. The summed E-state index contributed by atoms with van der Waals surface area (Å²) < 4.78 is 0. The fraction of sp³-hybridized carbons (Fsp3) is 0.538. The van der Waals surface area contributed by atoms with Gasteiger partial charge < -0.3 is 10.4 Å². The summed E-state index contributed by atoms with van der Waals surface area (Å²) in [5.74, 6) is -0.175. The van der Waals surface area contributed by atoms with E-state index in [4.69, 9.17) is 11.6 Å². The molecule has 6 nitrogen and oxygen atoms in total. The first kappa shape index (κ1) is 21.2. The molecule has 2 N–H and O–H groups in total. The average molecular weight is 373 g/mol. The predicted molar refractivity (Wildman–Crippen MR) is 91.7 cm³/mol. The highest BCUT2D eigenvalue weighted by Crippen LogP contribution is 2.41. The van der Waals surface area contributed by atoms with Gasteiger partial charge in [0.1, 0.15) is 5.75 Å². The van der Waals surface area contributed by atoms with Gasteiger partial charge in [0.15, 0.2) is 0 Å². The van der Waals surface area contributed by atoms with Crippen LogP contribution in [0.15, 0.2) is 12.1 Å². The summed E-state index contributed by atoms with van der Waals surface area (Å²) in [6, 6.07) is 2.53. The standard InChI is InChI=1S/C13H18ClN3O3.2ClH/c1-2-10(16-7-5-15-6-8-16)12-11(17(19)20)4-3-9(14)13(12)18;;/h3-4,10,15,18H,2,5-8H2,1H3;2*1H/t10-;;/m0../s1. The van der Waals surface area contributed by atoms with Crippen LogP contribution in [0.4, 0.5) is 5.69 Å². The van der Waals surface area contributed by atoms with Crippen LogP contribution in [0, 0.1) is 10.1 Å². The highest BCUT2D eigenvalue weighted by atomic mass is 35.5. The molecule has 1 aliphatic rings. The van der Waals surface area contributed by atoms with Crippen LogP contribution in [0.1, 0.15) is 24.9 Å². The van der Waals surface area contributed by atoms with E-state index < -0.39 is 4.92 Å². The highest BCUT2D eigenvalue weighted by molar-refractivity contribution is 6.32. The Hall–Kier alpha value is -0.790. The summed E-state index contributed by atoms with van der Waals surface area (Å²) in [6.07, 6.45) is 0.675. The Kier molecular flexibility index (Phi) is 9.04. The van der Waals surface area contributed by atoms with Crippen molar-refractivity contribution in [1.82, 2.24) is 10.2 Å². The van der Waals surface area contributed by atoms with Gasteiger partial charge in [0.05, 0.1) is 15.5 Å². The van der Waals surface area contributed by atoms with Crippen molar-refractivity contribution in [1.29, 1.82) is 0 Å². The number of rotatable bonds is 4. The van der Waals surface area contributed by atoms with Gasteiger partial charge in [-0.3, -0.25) is 15.0 Å². The molecule has 22 heavy (non-hydrogen) atoms. The van der Waals surface area contributed by atoms with E-state index in [1.165, 1.54) is 12.1 Å². The lowest BCUT2D eigenvalue weighted by atomic mass is 9.99. The van der Waals surface area contributed by atoms with Crippen molar-refractivity contribution in [2.75, 3.05) is 26.2 Å². The Labute approximate surface area is 146 Å². The molecule has 1 heterocycles. The minimum Gasteiger partial charge on any atom is -0.506 e. The molecule has 0 saturated carbocycles. The van der Waals surface area contributed by atoms with Crippen LogP contribution in [0.25, 0.3) is 0 Å². The first-order chi connectivity index (χ1) is 9.56. The summed E-state index contributed by atoms with van der Waals surface area (Å²) in [4.78, 5) is 12.9. The van der Waals surface area contributed by atoms with Gasteiger partial charge in [-0.1, -0.05) is 18.5 Å². The van der Waals surface area contributed by atoms with Crippen molar-refractivity contribution in [2.45, 2.75) is 19.4 Å². The zero-order valence-electron chi connectivity index (χ0n) is 12.1. The van der Waals surface area contributed by atoms with Gasteiger partial charge in [0, 0.05) is 38.3 Å². The van der Waals surface area contributed by atoms with Crippen molar-refractivity contribution in [3.05, 3.63) is 32.8 Å². The summed E-state index contributed by atoms with van der Waals surface area (Å²) in [6.45, 7) is 5.22. The van der Waals surface area contributed by atoms with Crippen LogP contribution in [0.2, 0.25) is 5.02 Å². The molecule has 1 atom stereocenters. The summed E-state index contributed by atoms with van der Waals surface area (Å²) >= 11 is 5.93. The number of piperazine rings is 1. The minimum atomic E-state index is -0.462. The van der Waals surface area contributed by atoms with Crippen LogP contribution in [0.5, 0.6) is 5.75 Å². The molecule has 2 rings (SSSR count). The summed E-state index contributed by atoms with van der Waals surface area (Å²) in [5.41, 5.74) is 0.254. The Morgan fingerprint density at radius 1 is 1.41 bits per heavy atom. The SMILES string of the molecule is CC[C@@H](c1c([N+](=O)[O-])ccc(Cl)c1O)N1CCNCC1.Cl.Cl. The van der Waals surface area contributed by atoms with Crippen molar-refractivity contribution in [3.63, 3.8) is 0 Å². The number of hydrogen-bond donors (Lipinski definition) is 2. The number of phenolic OH excluding ortho intramolecular Hbond substituents is 1. The average Bonchev–Trinajstić information content (AvgIpc) is 2.45. The Balaban J connectivity index is 0.00000220. The van der Waals surface area contributed by atoms with Crippen LogP contribution < -0.4 is 5.32 Å². The highest BCUT2D eigenvalue weighted by Gasteiger charge is 2.31. The summed E-state index contributed by atoms with van der Waals surface area (Å²) in [7, 11) is 0. The minimum absolute atomic E-state index is 0. The topological polar surface area (TPSA) is 78.6 Å². The lowest BCUT2D eigenvalue weighted by Gasteiger charge is -2.34. The van der Waals surface area contributed by atoms with Gasteiger partial charge in [0.25, 0.3) is 5.69 Å². The van der Waals surface area contributed by atoms with Gasteiger partial charge >= 0.3 is 0 Å². The molecular weight excluding hydrogens is 353 g/mol. The largest absolute Gasteiger partial charge is 0.506 e. The number of phenols is 1. The zero-order valence-corrected chi connectivity index (χ0v) is 14.5. The molecule has 1 aromatic carbocycles. The van der Waals surface area contributed by atoms with E-state index in [-0.39, 0.29) is 47.3 Å². The number of aromatic hydroxyl groups is 1. The second-order valence-corrected chi connectivity index (χ2v) is 5.20. The van der Waals surface area contributed by atoms with Crippen molar-refractivity contribution in [2.24, 2.45) is 0 Å². The smallest absolute Gasteiger partial charge is 0.278 e. The Bertz CT molecular complexity index is 511. The third-order valence-electron chi connectivity index (χ3n) is 3.65. The number of hydrogen-bond acceptors (Lipinski definition) is 5. The molecule has 0 amide bonds. The number of nitro benzene ring substituents is 1. The maximum absolute atomic E-state index is 11.2. The molecule has 1 saturated heterocycles. The second-order valence-electron chi connectivity index (χ2n) is 4.80. The van der Waals surface area contributed by atoms with E-state index in [1.54, 1.807) is 0 Å². The van der Waals surface area contributed by atoms with Crippen molar-refractivity contribution < 1.29 is 10.0 Å². The van der Waals surface area contributed by atoms with Crippen molar-refractivity contribution in [3.8, 4) is 5.75 Å². The first-order valence-corrected chi connectivity index (χ1v) is 7.04. The lowest BCUT2D eigenvalue weighted by molar-refractivity contribution is -0.386. The van der Waals surface area contributed by atoms with Gasteiger partial charge in [-0.05, 0) is 12.5 Å². The van der Waals surface area contributed by atoms with Gasteiger partial charge in [-0.15, -0.1) is 24.8 Å². The number of nitro groups is 1.